The number of carbonyl (C=O) groups excluding carboxylic acids is 1. The van der Waals surface area contributed by atoms with Crippen molar-refractivity contribution in [2.75, 3.05) is 0 Å². The average Bonchev–Trinajstić information content (AvgIpc) is 3.42. The maximum Gasteiger partial charge on any atom is 0.283 e. The van der Waals surface area contributed by atoms with Crippen molar-refractivity contribution >= 4 is 11.8 Å². The molecule has 140 valence electrons. The lowest BCUT2D eigenvalue weighted by Crippen LogP contribution is -2.43. The van der Waals surface area contributed by atoms with Crippen LogP contribution >= 0.6 is 0 Å². The van der Waals surface area contributed by atoms with E-state index in [1.54, 1.807) is 18.2 Å². The quantitative estimate of drug-likeness (QED) is 0.816. The minimum Gasteiger partial charge on any atom is -0.462 e. The summed E-state index contributed by atoms with van der Waals surface area (Å²) in [5.74, 6) is -1.76. The monoisotopic (exact) mass is 375 g/mol. The van der Waals surface area contributed by atoms with Crippen LogP contribution in [-0.2, 0) is 16.7 Å². The lowest BCUT2D eigenvalue weighted by Gasteiger charge is -2.33. The number of pyridine rings is 1. The van der Waals surface area contributed by atoms with Gasteiger partial charge in [-0.25, -0.2) is 18.2 Å². The molecule has 1 aliphatic carbocycles. The topological polar surface area (TPSA) is 77.6 Å². The van der Waals surface area contributed by atoms with Gasteiger partial charge in [-0.2, -0.15) is 0 Å². The van der Waals surface area contributed by atoms with E-state index in [4.69, 9.17) is 10.5 Å². The van der Waals surface area contributed by atoms with Crippen molar-refractivity contribution in [3.63, 3.8) is 0 Å². The Morgan fingerprint density at radius 2 is 2.15 bits per heavy atom. The zero-order chi connectivity index (χ0) is 19.2. The van der Waals surface area contributed by atoms with Gasteiger partial charge in [-0.15, -0.1) is 0 Å². The zero-order valence-corrected chi connectivity index (χ0v) is 14.1. The Morgan fingerprint density at radius 1 is 1.33 bits per heavy atom. The second-order valence-corrected chi connectivity index (χ2v) is 6.70. The first-order valence-electron chi connectivity index (χ1n) is 8.45. The fraction of sp³-hybridized carbons (Fsp3) is 0.316. The summed E-state index contributed by atoms with van der Waals surface area (Å²) >= 11 is 0. The molecule has 8 heteroatoms. The lowest BCUT2D eigenvalue weighted by atomic mass is 9.83. The third kappa shape index (κ3) is 2.94. The van der Waals surface area contributed by atoms with Crippen LogP contribution in [0.15, 0.2) is 47.6 Å². The van der Waals surface area contributed by atoms with E-state index in [0.29, 0.717) is 12.0 Å². The first-order chi connectivity index (χ1) is 12.9. The largest absolute Gasteiger partial charge is 0.462 e. The van der Waals surface area contributed by atoms with Gasteiger partial charge in [0.2, 0.25) is 0 Å². The third-order valence-electron chi connectivity index (χ3n) is 4.97. The van der Waals surface area contributed by atoms with Crippen LogP contribution < -0.4 is 5.73 Å². The highest BCUT2D eigenvalue weighted by atomic mass is 19.3. The maximum absolute atomic E-state index is 14.6. The fourth-order valence-corrected chi connectivity index (χ4v) is 3.59. The minimum atomic E-state index is -2.97. The number of aliphatic imine (C=N–C) groups is 1. The van der Waals surface area contributed by atoms with Gasteiger partial charge in [0, 0.05) is 24.1 Å². The highest BCUT2D eigenvalue weighted by molar-refractivity contribution is 5.95. The van der Waals surface area contributed by atoms with Crippen LogP contribution in [0.1, 0.15) is 28.0 Å². The summed E-state index contributed by atoms with van der Waals surface area (Å²) in [5.41, 5.74) is 3.85. The number of nitrogens with zero attached hydrogens (tertiary/aromatic N) is 2. The van der Waals surface area contributed by atoms with Crippen molar-refractivity contribution in [1.29, 1.82) is 0 Å². The van der Waals surface area contributed by atoms with E-state index in [2.05, 4.69) is 9.98 Å². The number of benzene rings is 1. The minimum absolute atomic E-state index is 0.0899. The van der Waals surface area contributed by atoms with Gasteiger partial charge in [0.05, 0.1) is 0 Å². The van der Waals surface area contributed by atoms with Crippen molar-refractivity contribution in [1.82, 2.24) is 4.98 Å². The van der Waals surface area contributed by atoms with Crippen molar-refractivity contribution in [3.05, 3.63) is 65.2 Å². The lowest BCUT2D eigenvalue weighted by molar-refractivity contribution is 0.0176. The Kier molecular flexibility index (Phi) is 4.13. The third-order valence-corrected chi connectivity index (χ3v) is 4.97. The molecule has 5 nitrogen and oxygen atoms in total. The second kappa shape index (κ2) is 6.37. The molecule has 0 saturated heterocycles. The molecule has 1 aromatic heterocycles. The van der Waals surface area contributed by atoms with Crippen LogP contribution in [0.25, 0.3) is 0 Å². The molecule has 0 radical (unpaired) electrons. The zero-order valence-electron chi connectivity index (χ0n) is 14.1. The van der Waals surface area contributed by atoms with Crippen LogP contribution in [0, 0.1) is 11.7 Å². The number of Topliss-reactive ketones (excluding diaryl/α,β-unsaturated/α-hetero) is 1. The maximum atomic E-state index is 14.6. The molecule has 1 saturated carbocycles. The summed E-state index contributed by atoms with van der Waals surface area (Å²) in [6, 6.07) is 8.30. The molecular formula is C19H16F3N3O2. The fourth-order valence-electron chi connectivity index (χ4n) is 3.59. The van der Waals surface area contributed by atoms with Gasteiger partial charge in [-0.1, -0.05) is 12.1 Å². The molecule has 2 N–H and O–H groups in total. The Labute approximate surface area is 153 Å². The number of rotatable bonds is 5. The Bertz CT molecular complexity index is 920. The summed E-state index contributed by atoms with van der Waals surface area (Å²) in [5, 5.41) is 0. The first kappa shape index (κ1) is 17.5. The van der Waals surface area contributed by atoms with Gasteiger partial charge in [0.1, 0.15) is 17.6 Å². The number of fused-ring (bicyclic) bond motifs is 1. The van der Waals surface area contributed by atoms with Gasteiger partial charge in [-0.3, -0.25) is 9.78 Å². The molecule has 2 heterocycles. The van der Waals surface area contributed by atoms with Crippen LogP contribution in [-0.4, -0.2) is 29.3 Å². The van der Waals surface area contributed by atoms with Gasteiger partial charge >= 0.3 is 0 Å². The molecule has 1 aliphatic heterocycles. The molecule has 0 unspecified atom stereocenters. The molecule has 0 amide bonds. The highest BCUT2D eigenvalue weighted by Gasteiger charge is 2.64. The number of hydrogen-bond acceptors (Lipinski definition) is 5. The predicted molar refractivity (Wildman–Crippen MR) is 91.0 cm³/mol. The van der Waals surface area contributed by atoms with Gasteiger partial charge in [0.25, 0.3) is 12.4 Å². The Morgan fingerprint density at radius 3 is 2.85 bits per heavy atom. The number of hydrogen-bond donors (Lipinski definition) is 1. The summed E-state index contributed by atoms with van der Waals surface area (Å²) in [4.78, 5) is 20.2. The molecule has 2 aromatic rings. The van der Waals surface area contributed by atoms with Crippen molar-refractivity contribution in [2.24, 2.45) is 16.6 Å². The van der Waals surface area contributed by atoms with Crippen molar-refractivity contribution in [2.45, 2.75) is 30.9 Å². The predicted octanol–water partition coefficient (Wildman–Crippen LogP) is 2.84. The first-order valence-corrected chi connectivity index (χ1v) is 8.45. The van der Waals surface area contributed by atoms with E-state index in [0.717, 1.165) is 6.07 Å². The van der Waals surface area contributed by atoms with Crippen LogP contribution in [0.2, 0.25) is 0 Å². The summed E-state index contributed by atoms with van der Waals surface area (Å²) in [6.07, 6.45) is -1.73. The molecule has 3 atom stereocenters. The molecule has 27 heavy (non-hydrogen) atoms. The van der Waals surface area contributed by atoms with Crippen LogP contribution in [0.4, 0.5) is 13.2 Å². The highest BCUT2D eigenvalue weighted by Crippen LogP contribution is 2.56. The number of aromatic nitrogens is 1. The normalized spacial score (nSPS) is 26.1. The van der Waals surface area contributed by atoms with Crippen LogP contribution in [0.5, 0.6) is 0 Å². The molecule has 0 spiro atoms. The van der Waals surface area contributed by atoms with E-state index >= 15 is 0 Å². The smallest absolute Gasteiger partial charge is 0.283 e. The Balaban J connectivity index is 1.72. The number of nitrogens with two attached hydrogens (primary N) is 1. The molecule has 1 aromatic carbocycles. The SMILES string of the molecule is NC1=N[C@@](c2cc(CC(=O)c3ccccn3)ccc2F)(C(F)F)[C@H]2C[C@H]2O1. The molecule has 4 rings (SSSR count). The average molecular weight is 375 g/mol. The van der Waals surface area contributed by atoms with E-state index < -0.39 is 29.8 Å². The molecular weight excluding hydrogens is 359 g/mol. The van der Waals surface area contributed by atoms with Gasteiger partial charge < -0.3 is 10.5 Å². The Hall–Kier alpha value is -2.90. The summed E-state index contributed by atoms with van der Waals surface area (Å²) in [7, 11) is 0. The molecule has 0 bridgehead atoms. The standard InChI is InChI=1S/C19H16F3N3O2/c20-13-5-4-10(8-15(26)14-3-1-2-6-24-14)7-11(13)19(17(21)22)12-9-16(12)27-18(23)25-19/h1-7,12,16-17H,8-9H2,(H2,23,25)/t12-,16+,19+/m0/s1. The number of amidine groups is 1. The van der Waals surface area contributed by atoms with E-state index in [-0.39, 0.29) is 29.5 Å². The number of alkyl halides is 2. The summed E-state index contributed by atoms with van der Waals surface area (Å²) in [6.45, 7) is 0. The van der Waals surface area contributed by atoms with Gasteiger partial charge in [-0.05, 0) is 36.2 Å². The van der Waals surface area contributed by atoms with Crippen molar-refractivity contribution in [3.8, 4) is 0 Å². The number of carbonyl (C=O) groups is 1. The number of ketones is 1. The summed E-state index contributed by atoms with van der Waals surface area (Å²) < 4.78 is 47.9. The van der Waals surface area contributed by atoms with E-state index in [1.165, 1.54) is 18.3 Å². The van der Waals surface area contributed by atoms with E-state index in [1.807, 2.05) is 0 Å². The van der Waals surface area contributed by atoms with Crippen molar-refractivity contribution < 1.29 is 22.7 Å². The number of ether oxygens (including phenoxy) is 1. The molecule has 2 aliphatic rings. The molecule has 1 fully saturated rings. The van der Waals surface area contributed by atoms with E-state index in [9.17, 15) is 18.0 Å². The van der Waals surface area contributed by atoms with Crippen LogP contribution in [0.3, 0.4) is 0 Å². The number of halogens is 3. The van der Waals surface area contributed by atoms with Gasteiger partial charge in [0.15, 0.2) is 11.3 Å². The second-order valence-electron chi connectivity index (χ2n) is 6.70.